The predicted octanol–water partition coefficient (Wildman–Crippen LogP) is 5.03. The summed E-state index contributed by atoms with van der Waals surface area (Å²) in [5.41, 5.74) is -0.461. The standard InChI is InChI=1S/C18H16F3NO/c19-14-7-6-13(10-23)22-18(14)17-15(20)8-12(9-16(17)21)11-4-2-1-3-5-11/h6-11H,1-5H2. The Kier molecular flexibility index (Phi) is 4.46. The van der Waals surface area contributed by atoms with Crippen LogP contribution in [0.2, 0.25) is 0 Å². The maximum absolute atomic E-state index is 14.4. The number of pyridine rings is 1. The fraction of sp³-hybridized carbons (Fsp3) is 0.333. The van der Waals surface area contributed by atoms with Gasteiger partial charge in [-0.2, -0.15) is 0 Å². The van der Waals surface area contributed by atoms with Gasteiger partial charge >= 0.3 is 0 Å². The molecule has 120 valence electrons. The SMILES string of the molecule is O=Cc1ccc(F)c(-c2c(F)cc(C3CCCCC3)cc2F)n1. The summed E-state index contributed by atoms with van der Waals surface area (Å²) in [6, 6.07) is 4.68. The number of aldehydes is 1. The molecule has 0 amide bonds. The van der Waals surface area contributed by atoms with Crippen LogP contribution in [0.3, 0.4) is 0 Å². The van der Waals surface area contributed by atoms with E-state index in [0.717, 1.165) is 44.2 Å². The summed E-state index contributed by atoms with van der Waals surface area (Å²) in [5, 5.41) is 0. The van der Waals surface area contributed by atoms with Crippen LogP contribution in [0.5, 0.6) is 0 Å². The van der Waals surface area contributed by atoms with Gasteiger partial charge in [0, 0.05) is 0 Å². The van der Waals surface area contributed by atoms with E-state index in [9.17, 15) is 18.0 Å². The normalized spacial score (nSPS) is 15.6. The van der Waals surface area contributed by atoms with E-state index >= 15 is 0 Å². The van der Waals surface area contributed by atoms with Gasteiger partial charge in [-0.3, -0.25) is 4.79 Å². The number of benzene rings is 1. The molecule has 1 fully saturated rings. The average molecular weight is 319 g/mol. The van der Waals surface area contributed by atoms with Crippen LogP contribution >= 0.6 is 0 Å². The van der Waals surface area contributed by atoms with Gasteiger partial charge in [0.1, 0.15) is 28.8 Å². The lowest BCUT2D eigenvalue weighted by Gasteiger charge is -2.22. The molecular formula is C18H16F3NO. The zero-order valence-electron chi connectivity index (χ0n) is 12.5. The first-order valence-electron chi connectivity index (χ1n) is 7.71. The summed E-state index contributed by atoms with van der Waals surface area (Å²) in [6.45, 7) is 0. The Hall–Kier alpha value is -2.17. The van der Waals surface area contributed by atoms with Crippen molar-refractivity contribution in [1.82, 2.24) is 4.98 Å². The Labute approximate surface area is 132 Å². The van der Waals surface area contributed by atoms with Gasteiger partial charge in [-0.05, 0) is 48.6 Å². The third kappa shape index (κ3) is 3.14. The number of hydrogen-bond donors (Lipinski definition) is 0. The summed E-state index contributed by atoms with van der Waals surface area (Å²) in [4.78, 5) is 14.5. The topological polar surface area (TPSA) is 30.0 Å². The molecule has 23 heavy (non-hydrogen) atoms. The minimum Gasteiger partial charge on any atom is -0.296 e. The number of aromatic nitrogens is 1. The third-order valence-electron chi connectivity index (χ3n) is 4.37. The van der Waals surface area contributed by atoms with Crippen LogP contribution in [0.25, 0.3) is 11.3 Å². The number of nitrogens with zero attached hydrogens (tertiary/aromatic N) is 1. The van der Waals surface area contributed by atoms with Gasteiger partial charge in [-0.25, -0.2) is 18.2 Å². The summed E-state index contributed by atoms with van der Waals surface area (Å²) in [5.74, 6) is -2.42. The Morgan fingerprint density at radius 2 is 1.61 bits per heavy atom. The van der Waals surface area contributed by atoms with Crippen LogP contribution in [0.1, 0.15) is 54.1 Å². The van der Waals surface area contributed by atoms with Crippen molar-refractivity contribution in [2.24, 2.45) is 0 Å². The monoisotopic (exact) mass is 319 g/mol. The van der Waals surface area contributed by atoms with Gasteiger partial charge in [0.2, 0.25) is 0 Å². The lowest BCUT2D eigenvalue weighted by molar-refractivity contribution is 0.111. The highest BCUT2D eigenvalue weighted by molar-refractivity contribution is 5.74. The van der Waals surface area contributed by atoms with Crippen LogP contribution in [0, 0.1) is 17.5 Å². The van der Waals surface area contributed by atoms with Crippen molar-refractivity contribution >= 4 is 6.29 Å². The molecule has 0 atom stereocenters. The quantitative estimate of drug-likeness (QED) is 0.743. The van der Waals surface area contributed by atoms with Gasteiger partial charge in [0.25, 0.3) is 0 Å². The fourth-order valence-corrected chi connectivity index (χ4v) is 3.19. The molecule has 1 heterocycles. The maximum atomic E-state index is 14.4. The number of rotatable bonds is 3. The molecule has 0 aliphatic heterocycles. The third-order valence-corrected chi connectivity index (χ3v) is 4.37. The van der Waals surface area contributed by atoms with Gasteiger partial charge < -0.3 is 0 Å². The molecular weight excluding hydrogens is 303 g/mol. The van der Waals surface area contributed by atoms with E-state index in [0.29, 0.717) is 11.8 Å². The molecule has 1 aliphatic carbocycles. The van der Waals surface area contributed by atoms with Crippen LogP contribution < -0.4 is 0 Å². The van der Waals surface area contributed by atoms with E-state index < -0.39 is 28.7 Å². The Morgan fingerprint density at radius 3 is 2.22 bits per heavy atom. The van der Waals surface area contributed by atoms with Crippen molar-refractivity contribution < 1.29 is 18.0 Å². The zero-order valence-corrected chi connectivity index (χ0v) is 12.5. The number of halogens is 3. The molecule has 2 aromatic rings. The Morgan fingerprint density at radius 1 is 0.957 bits per heavy atom. The minimum absolute atomic E-state index is 0.0726. The summed E-state index contributed by atoms with van der Waals surface area (Å²) in [7, 11) is 0. The fourth-order valence-electron chi connectivity index (χ4n) is 3.19. The molecule has 0 saturated heterocycles. The summed E-state index contributed by atoms with van der Waals surface area (Å²) >= 11 is 0. The van der Waals surface area contributed by atoms with Gasteiger partial charge in [-0.15, -0.1) is 0 Å². The van der Waals surface area contributed by atoms with Crippen LogP contribution in [-0.4, -0.2) is 11.3 Å². The second-order valence-electron chi connectivity index (χ2n) is 5.88. The van der Waals surface area contributed by atoms with Crippen LogP contribution in [-0.2, 0) is 0 Å². The highest BCUT2D eigenvalue weighted by atomic mass is 19.1. The summed E-state index contributed by atoms with van der Waals surface area (Å²) < 4.78 is 42.8. The molecule has 5 heteroatoms. The lowest BCUT2D eigenvalue weighted by Crippen LogP contribution is -2.07. The van der Waals surface area contributed by atoms with Gasteiger partial charge in [-0.1, -0.05) is 19.3 Å². The van der Waals surface area contributed by atoms with Crippen molar-refractivity contribution in [3.63, 3.8) is 0 Å². The Balaban J connectivity index is 2.05. The van der Waals surface area contributed by atoms with E-state index in [-0.39, 0.29) is 11.6 Å². The molecule has 1 saturated carbocycles. The number of carbonyl (C=O) groups excluding carboxylic acids is 1. The van der Waals surface area contributed by atoms with Gasteiger partial charge in [0.15, 0.2) is 6.29 Å². The predicted molar refractivity (Wildman–Crippen MR) is 80.8 cm³/mol. The molecule has 0 radical (unpaired) electrons. The van der Waals surface area contributed by atoms with Crippen molar-refractivity contribution in [3.05, 3.63) is 53.0 Å². The van der Waals surface area contributed by atoms with E-state index in [1.807, 2.05) is 0 Å². The summed E-state index contributed by atoms with van der Waals surface area (Å²) in [6.07, 6.45) is 5.47. The highest BCUT2D eigenvalue weighted by Gasteiger charge is 2.22. The number of carbonyl (C=O) groups is 1. The first kappa shape index (κ1) is 15.7. The molecule has 2 nitrogen and oxygen atoms in total. The Bertz CT molecular complexity index is 716. The van der Waals surface area contributed by atoms with E-state index in [1.165, 1.54) is 12.1 Å². The maximum Gasteiger partial charge on any atom is 0.168 e. The van der Waals surface area contributed by atoms with Crippen LogP contribution in [0.15, 0.2) is 24.3 Å². The van der Waals surface area contributed by atoms with Crippen LogP contribution in [0.4, 0.5) is 13.2 Å². The van der Waals surface area contributed by atoms with Crippen molar-refractivity contribution in [1.29, 1.82) is 0 Å². The smallest absolute Gasteiger partial charge is 0.168 e. The molecule has 0 N–H and O–H groups in total. The molecule has 3 rings (SSSR count). The minimum atomic E-state index is -0.862. The highest BCUT2D eigenvalue weighted by Crippen LogP contribution is 2.36. The zero-order chi connectivity index (χ0) is 16.4. The van der Waals surface area contributed by atoms with E-state index in [1.54, 1.807) is 0 Å². The molecule has 0 bridgehead atoms. The van der Waals surface area contributed by atoms with Crippen molar-refractivity contribution in [2.45, 2.75) is 38.0 Å². The second kappa shape index (κ2) is 6.52. The number of hydrogen-bond acceptors (Lipinski definition) is 2. The molecule has 0 unspecified atom stereocenters. The first-order valence-corrected chi connectivity index (χ1v) is 7.71. The second-order valence-corrected chi connectivity index (χ2v) is 5.88. The first-order chi connectivity index (χ1) is 11.1. The average Bonchev–Trinajstić information content (AvgIpc) is 2.56. The molecule has 1 aliphatic rings. The molecule has 1 aromatic carbocycles. The van der Waals surface area contributed by atoms with Crippen molar-refractivity contribution in [3.8, 4) is 11.3 Å². The van der Waals surface area contributed by atoms with E-state index in [2.05, 4.69) is 4.98 Å². The molecule has 1 aromatic heterocycles. The van der Waals surface area contributed by atoms with Crippen molar-refractivity contribution in [2.75, 3.05) is 0 Å². The van der Waals surface area contributed by atoms with E-state index in [4.69, 9.17) is 0 Å². The lowest BCUT2D eigenvalue weighted by atomic mass is 9.83. The van der Waals surface area contributed by atoms with Gasteiger partial charge in [0.05, 0.1) is 5.56 Å². The largest absolute Gasteiger partial charge is 0.296 e. The molecule has 0 spiro atoms.